The Labute approximate surface area is 68.5 Å². The SMILES string of the molecule is C=CC1=C(C=C)NC(CC)C1. The summed E-state index contributed by atoms with van der Waals surface area (Å²) in [7, 11) is 0. The minimum atomic E-state index is 0.594. The van der Waals surface area contributed by atoms with E-state index in [9.17, 15) is 0 Å². The maximum atomic E-state index is 3.76. The molecule has 0 aromatic heterocycles. The van der Waals surface area contributed by atoms with Crippen molar-refractivity contribution in [1.82, 2.24) is 5.32 Å². The van der Waals surface area contributed by atoms with Crippen molar-refractivity contribution in [2.45, 2.75) is 25.8 Å². The first kappa shape index (κ1) is 8.12. The molecule has 1 atom stereocenters. The number of rotatable bonds is 3. The molecular formula is C10H15N. The molecule has 1 aliphatic heterocycles. The highest BCUT2D eigenvalue weighted by Gasteiger charge is 2.17. The number of hydrogen-bond donors (Lipinski definition) is 1. The zero-order chi connectivity index (χ0) is 8.27. The number of nitrogens with one attached hydrogen (secondary N) is 1. The van der Waals surface area contributed by atoms with Crippen LogP contribution < -0.4 is 5.32 Å². The van der Waals surface area contributed by atoms with E-state index in [1.807, 2.05) is 12.2 Å². The third-order valence-corrected chi connectivity index (χ3v) is 2.12. The fraction of sp³-hybridized carbons (Fsp3) is 0.400. The van der Waals surface area contributed by atoms with E-state index in [0.717, 1.165) is 18.5 Å². The van der Waals surface area contributed by atoms with Crippen LogP contribution in [0.1, 0.15) is 19.8 Å². The molecule has 1 N–H and O–H groups in total. The summed E-state index contributed by atoms with van der Waals surface area (Å²) in [5.41, 5.74) is 2.46. The predicted octanol–water partition coefficient (Wildman–Crippen LogP) is 2.38. The normalized spacial score (nSPS) is 23.2. The van der Waals surface area contributed by atoms with Crippen molar-refractivity contribution in [1.29, 1.82) is 0 Å². The number of hydrogen-bond acceptors (Lipinski definition) is 1. The van der Waals surface area contributed by atoms with E-state index < -0.39 is 0 Å². The van der Waals surface area contributed by atoms with Gasteiger partial charge in [-0.2, -0.15) is 0 Å². The zero-order valence-corrected chi connectivity index (χ0v) is 7.06. The molecule has 0 bridgehead atoms. The van der Waals surface area contributed by atoms with E-state index in [1.54, 1.807) is 0 Å². The summed E-state index contributed by atoms with van der Waals surface area (Å²) in [4.78, 5) is 0. The highest BCUT2D eigenvalue weighted by Crippen LogP contribution is 2.21. The quantitative estimate of drug-likeness (QED) is 0.649. The minimum Gasteiger partial charge on any atom is -0.382 e. The zero-order valence-electron chi connectivity index (χ0n) is 7.06. The van der Waals surface area contributed by atoms with Crippen molar-refractivity contribution in [3.05, 3.63) is 36.6 Å². The Morgan fingerprint density at radius 2 is 2.27 bits per heavy atom. The molecule has 11 heavy (non-hydrogen) atoms. The van der Waals surface area contributed by atoms with Crippen LogP contribution in [0.4, 0.5) is 0 Å². The van der Waals surface area contributed by atoms with Crippen LogP contribution in [0.15, 0.2) is 36.6 Å². The molecule has 0 saturated heterocycles. The second-order valence-electron chi connectivity index (χ2n) is 2.80. The van der Waals surface area contributed by atoms with E-state index >= 15 is 0 Å². The average Bonchev–Trinajstić information content (AvgIpc) is 2.46. The second-order valence-corrected chi connectivity index (χ2v) is 2.80. The summed E-state index contributed by atoms with van der Waals surface area (Å²) < 4.78 is 0. The topological polar surface area (TPSA) is 12.0 Å². The van der Waals surface area contributed by atoms with Gasteiger partial charge in [0.15, 0.2) is 0 Å². The van der Waals surface area contributed by atoms with Gasteiger partial charge in [-0.05, 0) is 24.5 Å². The Hall–Kier alpha value is -0.980. The second kappa shape index (κ2) is 3.42. The first-order chi connectivity index (χ1) is 5.31. The van der Waals surface area contributed by atoms with Gasteiger partial charge < -0.3 is 5.32 Å². The van der Waals surface area contributed by atoms with Crippen LogP contribution in [0.25, 0.3) is 0 Å². The lowest BCUT2D eigenvalue weighted by atomic mass is 10.1. The molecule has 1 aliphatic rings. The fourth-order valence-corrected chi connectivity index (χ4v) is 1.37. The van der Waals surface area contributed by atoms with Crippen LogP contribution in [0.3, 0.4) is 0 Å². The maximum absolute atomic E-state index is 3.76. The Bertz CT molecular complexity index is 181. The third kappa shape index (κ3) is 1.53. The highest BCUT2D eigenvalue weighted by atomic mass is 14.9. The van der Waals surface area contributed by atoms with Crippen molar-refractivity contribution in [3.63, 3.8) is 0 Å². The van der Waals surface area contributed by atoms with Gasteiger partial charge in [0.25, 0.3) is 0 Å². The molecule has 0 spiro atoms. The van der Waals surface area contributed by atoms with Gasteiger partial charge in [0.05, 0.1) is 0 Å². The molecule has 0 aromatic rings. The van der Waals surface area contributed by atoms with Gasteiger partial charge in [0, 0.05) is 11.7 Å². The summed E-state index contributed by atoms with van der Waals surface area (Å²) in [6, 6.07) is 0.594. The smallest absolute Gasteiger partial charge is 0.0369 e. The lowest BCUT2D eigenvalue weighted by Gasteiger charge is -2.07. The minimum absolute atomic E-state index is 0.594. The lowest BCUT2D eigenvalue weighted by molar-refractivity contribution is 0.596. The van der Waals surface area contributed by atoms with Gasteiger partial charge in [-0.15, -0.1) is 0 Å². The summed E-state index contributed by atoms with van der Waals surface area (Å²) in [6.45, 7) is 9.69. The van der Waals surface area contributed by atoms with Gasteiger partial charge in [0.2, 0.25) is 0 Å². The Balaban J connectivity index is 2.70. The van der Waals surface area contributed by atoms with E-state index in [0.29, 0.717) is 6.04 Å². The molecule has 0 radical (unpaired) electrons. The Morgan fingerprint density at radius 1 is 1.55 bits per heavy atom. The monoisotopic (exact) mass is 149 g/mol. The summed E-state index contributed by atoms with van der Waals surface area (Å²) in [5, 5.41) is 3.38. The fourth-order valence-electron chi connectivity index (χ4n) is 1.37. The van der Waals surface area contributed by atoms with Crippen molar-refractivity contribution in [2.24, 2.45) is 0 Å². The first-order valence-corrected chi connectivity index (χ1v) is 4.06. The maximum Gasteiger partial charge on any atom is 0.0369 e. The van der Waals surface area contributed by atoms with E-state index in [4.69, 9.17) is 0 Å². The highest BCUT2D eigenvalue weighted by molar-refractivity contribution is 5.35. The standard InChI is InChI=1S/C10H15N/c1-4-8-7-9(5-2)11-10(8)6-3/h4,6,9,11H,1,3,5,7H2,2H3. The summed E-state index contributed by atoms with van der Waals surface area (Å²) in [6.07, 6.45) is 6.04. The van der Waals surface area contributed by atoms with Crippen LogP contribution >= 0.6 is 0 Å². The van der Waals surface area contributed by atoms with Crippen LogP contribution in [-0.2, 0) is 0 Å². The van der Waals surface area contributed by atoms with E-state index in [-0.39, 0.29) is 0 Å². The van der Waals surface area contributed by atoms with Crippen LogP contribution in [-0.4, -0.2) is 6.04 Å². The molecule has 1 heteroatoms. The van der Waals surface area contributed by atoms with Crippen molar-refractivity contribution >= 4 is 0 Å². The third-order valence-electron chi connectivity index (χ3n) is 2.12. The van der Waals surface area contributed by atoms with Crippen LogP contribution in [0.5, 0.6) is 0 Å². The van der Waals surface area contributed by atoms with Gasteiger partial charge in [-0.3, -0.25) is 0 Å². The molecule has 0 fully saturated rings. The first-order valence-electron chi connectivity index (χ1n) is 4.06. The molecule has 0 saturated carbocycles. The van der Waals surface area contributed by atoms with Crippen LogP contribution in [0.2, 0.25) is 0 Å². The molecule has 0 aromatic carbocycles. The Kier molecular flexibility index (Phi) is 2.53. The average molecular weight is 149 g/mol. The van der Waals surface area contributed by atoms with E-state index in [1.165, 1.54) is 5.57 Å². The predicted molar refractivity (Wildman–Crippen MR) is 49.3 cm³/mol. The summed E-state index contributed by atoms with van der Waals surface area (Å²) in [5.74, 6) is 0. The lowest BCUT2D eigenvalue weighted by Crippen LogP contribution is -2.20. The molecule has 1 unspecified atom stereocenters. The molecule has 0 amide bonds. The molecule has 1 heterocycles. The Morgan fingerprint density at radius 3 is 2.64 bits per heavy atom. The van der Waals surface area contributed by atoms with E-state index in [2.05, 4.69) is 25.4 Å². The molecule has 1 rings (SSSR count). The van der Waals surface area contributed by atoms with Gasteiger partial charge in [-0.1, -0.05) is 26.2 Å². The van der Waals surface area contributed by atoms with Crippen molar-refractivity contribution in [2.75, 3.05) is 0 Å². The van der Waals surface area contributed by atoms with Crippen molar-refractivity contribution < 1.29 is 0 Å². The van der Waals surface area contributed by atoms with Gasteiger partial charge >= 0.3 is 0 Å². The largest absolute Gasteiger partial charge is 0.382 e. The number of allylic oxidation sites excluding steroid dienone is 2. The molecule has 1 nitrogen and oxygen atoms in total. The van der Waals surface area contributed by atoms with Gasteiger partial charge in [-0.25, -0.2) is 0 Å². The molecule has 0 aliphatic carbocycles. The molecule has 60 valence electrons. The molecular weight excluding hydrogens is 134 g/mol. The van der Waals surface area contributed by atoms with Crippen LogP contribution in [0, 0.1) is 0 Å². The summed E-state index contributed by atoms with van der Waals surface area (Å²) >= 11 is 0. The van der Waals surface area contributed by atoms with Gasteiger partial charge in [0.1, 0.15) is 0 Å². The van der Waals surface area contributed by atoms with Crippen molar-refractivity contribution in [3.8, 4) is 0 Å².